The molecule has 140 valence electrons. The highest BCUT2D eigenvalue weighted by molar-refractivity contribution is 6.33. The summed E-state index contributed by atoms with van der Waals surface area (Å²) in [6.07, 6.45) is 3.26. The number of nitrogens with one attached hydrogen (secondary N) is 2. The SMILES string of the molecule is C/C(Cl)=C/Cn1c(N/N=C\c2ccccc2Cl)nc2c1c(=O)[nH]c(=O)n2C. The van der Waals surface area contributed by atoms with E-state index in [1.165, 1.54) is 17.8 Å². The summed E-state index contributed by atoms with van der Waals surface area (Å²) >= 11 is 12.0. The molecule has 0 aliphatic carbocycles. The molecule has 0 aliphatic heterocycles. The van der Waals surface area contributed by atoms with Crippen LogP contribution in [0.25, 0.3) is 11.2 Å². The van der Waals surface area contributed by atoms with Gasteiger partial charge in [-0.05, 0) is 13.0 Å². The molecule has 0 amide bonds. The summed E-state index contributed by atoms with van der Waals surface area (Å²) < 4.78 is 2.84. The number of imidazole rings is 1. The molecular weight excluding hydrogens is 391 g/mol. The second kappa shape index (κ2) is 7.81. The zero-order valence-corrected chi connectivity index (χ0v) is 16.0. The minimum absolute atomic E-state index is 0.236. The van der Waals surface area contributed by atoms with E-state index in [1.807, 2.05) is 18.2 Å². The molecule has 0 atom stereocenters. The largest absolute Gasteiger partial charge is 0.329 e. The Kier molecular flexibility index (Phi) is 5.48. The van der Waals surface area contributed by atoms with E-state index in [-0.39, 0.29) is 23.7 Å². The number of aromatic amines is 1. The van der Waals surface area contributed by atoms with Gasteiger partial charge in [-0.15, -0.1) is 0 Å². The highest BCUT2D eigenvalue weighted by Gasteiger charge is 2.16. The van der Waals surface area contributed by atoms with Crippen LogP contribution in [0.1, 0.15) is 12.5 Å². The summed E-state index contributed by atoms with van der Waals surface area (Å²) in [4.78, 5) is 30.7. The number of fused-ring (bicyclic) bond motifs is 1. The van der Waals surface area contributed by atoms with Crippen LogP contribution in [0.3, 0.4) is 0 Å². The van der Waals surface area contributed by atoms with Crippen molar-refractivity contribution in [3.8, 4) is 0 Å². The van der Waals surface area contributed by atoms with Gasteiger partial charge in [0.05, 0.1) is 6.21 Å². The number of rotatable bonds is 5. The average Bonchev–Trinajstić information content (AvgIpc) is 2.99. The number of hydrogen-bond acceptors (Lipinski definition) is 5. The van der Waals surface area contributed by atoms with Gasteiger partial charge in [-0.2, -0.15) is 10.1 Å². The first-order valence-corrected chi connectivity index (χ1v) is 8.69. The van der Waals surface area contributed by atoms with Crippen LogP contribution in [0.5, 0.6) is 0 Å². The maximum Gasteiger partial charge on any atom is 0.329 e. The zero-order valence-electron chi connectivity index (χ0n) is 14.5. The molecule has 8 nitrogen and oxygen atoms in total. The quantitative estimate of drug-likeness (QED) is 0.502. The molecule has 3 rings (SSSR count). The Morgan fingerprint density at radius 3 is 2.81 bits per heavy atom. The molecule has 0 radical (unpaired) electrons. The van der Waals surface area contributed by atoms with E-state index >= 15 is 0 Å². The Hall–Kier alpha value is -2.84. The van der Waals surface area contributed by atoms with Gasteiger partial charge in [-0.3, -0.25) is 18.9 Å². The Morgan fingerprint density at radius 2 is 2.11 bits per heavy atom. The third-order valence-corrected chi connectivity index (χ3v) is 4.33. The average molecular weight is 407 g/mol. The van der Waals surface area contributed by atoms with Gasteiger partial charge in [0.2, 0.25) is 5.95 Å². The number of aryl methyl sites for hydroxylation is 1. The molecular formula is C17H16Cl2N6O2. The Bertz CT molecular complexity index is 1170. The van der Waals surface area contributed by atoms with E-state index in [2.05, 4.69) is 20.5 Å². The molecule has 2 aromatic heterocycles. The Balaban J connectivity index is 2.07. The minimum atomic E-state index is -0.549. The molecule has 0 unspecified atom stereocenters. The number of hydrazone groups is 1. The van der Waals surface area contributed by atoms with Crippen LogP contribution in [-0.2, 0) is 13.6 Å². The molecule has 2 heterocycles. The van der Waals surface area contributed by atoms with Gasteiger partial charge in [0.15, 0.2) is 11.2 Å². The van der Waals surface area contributed by atoms with Crippen molar-refractivity contribution in [3.05, 3.63) is 66.8 Å². The maximum absolute atomic E-state index is 12.3. The van der Waals surface area contributed by atoms with Gasteiger partial charge >= 0.3 is 5.69 Å². The van der Waals surface area contributed by atoms with E-state index in [0.717, 1.165) is 5.56 Å². The van der Waals surface area contributed by atoms with Gasteiger partial charge in [0.1, 0.15) is 0 Å². The first kappa shape index (κ1) is 18.9. The van der Waals surface area contributed by atoms with Crippen LogP contribution in [-0.4, -0.2) is 25.3 Å². The molecule has 2 N–H and O–H groups in total. The van der Waals surface area contributed by atoms with Gasteiger partial charge < -0.3 is 0 Å². The first-order valence-electron chi connectivity index (χ1n) is 7.94. The van der Waals surface area contributed by atoms with Crippen molar-refractivity contribution in [1.29, 1.82) is 0 Å². The van der Waals surface area contributed by atoms with Gasteiger partial charge in [0, 0.05) is 29.2 Å². The smallest absolute Gasteiger partial charge is 0.299 e. The van der Waals surface area contributed by atoms with Crippen molar-refractivity contribution in [1.82, 2.24) is 19.1 Å². The van der Waals surface area contributed by atoms with Crippen molar-refractivity contribution >= 4 is 46.5 Å². The lowest BCUT2D eigenvalue weighted by molar-refractivity contribution is 0.818. The lowest BCUT2D eigenvalue weighted by Gasteiger charge is -2.05. The van der Waals surface area contributed by atoms with E-state index in [9.17, 15) is 9.59 Å². The van der Waals surface area contributed by atoms with Crippen LogP contribution in [0.4, 0.5) is 5.95 Å². The predicted molar refractivity (Wildman–Crippen MR) is 108 cm³/mol. The van der Waals surface area contributed by atoms with E-state index in [0.29, 0.717) is 10.1 Å². The van der Waals surface area contributed by atoms with Crippen LogP contribution >= 0.6 is 23.2 Å². The predicted octanol–water partition coefficient (Wildman–Crippen LogP) is 2.67. The summed E-state index contributed by atoms with van der Waals surface area (Å²) in [6, 6.07) is 7.22. The van der Waals surface area contributed by atoms with E-state index in [1.54, 1.807) is 23.6 Å². The molecule has 0 fully saturated rings. The van der Waals surface area contributed by atoms with Crippen molar-refractivity contribution < 1.29 is 0 Å². The van der Waals surface area contributed by atoms with Crippen LogP contribution in [0.15, 0.2) is 50.1 Å². The number of anilines is 1. The van der Waals surface area contributed by atoms with Crippen LogP contribution in [0, 0.1) is 0 Å². The van der Waals surface area contributed by atoms with Crippen molar-refractivity contribution in [2.75, 3.05) is 5.43 Å². The number of allylic oxidation sites excluding steroid dienone is 2. The molecule has 10 heteroatoms. The summed E-state index contributed by atoms with van der Waals surface area (Å²) in [6.45, 7) is 2.00. The molecule has 0 aliphatic rings. The minimum Gasteiger partial charge on any atom is -0.299 e. The van der Waals surface area contributed by atoms with Crippen LogP contribution < -0.4 is 16.7 Å². The van der Waals surface area contributed by atoms with Crippen molar-refractivity contribution in [2.24, 2.45) is 12.1 Å². The van der Waals surface area contributed by atoms with Crippen molar-refractivity contribution in [2.45, 2.75) is 13.5 Å². The molecule has 27 heavy (non-hydrogen) atoms. The van der Waals surface area contributed by atoms with Gasteiger partial charge in [-0.1, -0.05) is 47.5 Å². The fraction of sp³-hybridized carbons (Fsp3) is 0.176. The molecule has 0 saturated heterocycles. The topological polar surface area (TPSA) is 97.1 Å². The first-order chi connectivity index (χ1) is 12.9. The monoisotopic (exact) mass is 406 g/mol. The number of hydrogen-bond donors (Lipinski definition) is 2. The van der Waals surface area contributed by atoms with E-state index in [4.69, 9.17) is 23.2 Å². The maximum atomic E-state index is 12.3. The normalized spacial score (nSPS) is 12.2. The molecule has 3 aromatic rings. The van der Waals surface area contributed by atoms with Crippen molar-refractivity contribution in [3.63, 3.8) is 0 Å². The molecule has 0 saturated carbocycles. The lowest BCUT2D eigenvalue weighted by Crippen LogP contribution is -2.29. The number of aromatic nitrogens is 4. The molecule has 0 bridgehead atoms. The standard InChI is InChI=1S/C17H16Cl2N6O2/c1-10(18)7-8-25-13-14(24(2)17(27)22-15(13)26)21-16(25)23-20-9-11-5-3-4-6-12(11)19/h3-7,9H,8H2,1-2H3,(H,21,23)(H,22,26,27)/b10-7-,20-9-. The van der Waals surface area contributed by atoms with Gasteiger partial charge in [-0.25, -0.2) is 10.2 Å². The second-order valence-corrected chi connectivity index (χ2v) is 6.72. The summed E-state index contributed by atoms with van der Waals surface area (Å²) in [5.41, 5.74) is 2.90. The second-order valence-electron chi connectivity index (χ2n) is 5.72. The Labute approximate surface area is 163 Å². The third-order valence-electron chi connectivity index (χ3n) is 3.84. The third kappa shape index (κ3) is 3.96. The highest BCUT2D eigenvalue weighted by atomic mass is 35.5. The fourth-order valence-corrected chi connectivity index (χ4v) is 2.71. The summed E-state index contributed by atoms with van der Waals surface area (Å²) in [7, 11) is 1.53. The molecule has 0 spiro atoms. The highest BCUT2D eigenvalue weighted by Crippen LogP contribution is 2.17. The number of halogens is 2. The van der Waals surface area contributed by atoms with Crippen LogP contribution in [0.2, 0.25) is 5.02 Å². The summed E-state index contributed by atoms with van der Waals surface area (Å²) in [5, 5.41) is 5.25. The number of nitrogens with zero attached hydrogens (tertiary/aromatic N) is 4. The Morgan fingerprint density at radius 1 is 1.37 bits per heavy atom. The van der Waals surface area contributed by atoms with E-state index < -0.39 is 11.2 Å². The summed E-state index contributed by atoms with van der Waals surface area (Å²) in [5.74, 6) is 0.286. The lowest BCUT2D eigenvalue weighted by atomic mass is 10.2. The zero-order chi connectivity index (χ0) is 19.6. The van der Waals surface area contributed by atoms with Gasteiger partial charge in [0.25, 0.3) is 5.56 Å². The fourth-order valence-electron chi connectivity index (χ4n) is 2.45. The number of H-pyrrole nitrogens is 1. The number of benzene rings is 1. The molecule has 1 aromatic carbocycles.